The summed E-state index contributed by atoms with van der Waals surface area (Å²) < 4.78 is 16.0. The zero-order chi connectivity index (χ0) is 31.0. The molecule has 0 spiro atoms. The van der Waals surface area contributed by atoms with Crippen LogP contribution in [0.25, 0.3) is 0 Å². The van der Waals surface area contributed by atoms with Crippen molar-refractivity contribution < 1.29 is 39.2 Å². The Balaban J connectivity index is 1.79. The number of carbonyl (C=O) groups excluding carboxylic acids is 3. The van der Waals surface area contributed by atoms with Crippen molar-refractivity contribution >= 4 is 17.5 Å². The van der Waals surface area contributed by atoms with Crippen molar-refractivity contribution in [3.8, 4) is 5.75 Å². The number of likely N-dealkylation sites (N-methyl/N-ethyl adjacent to an activating group) is 1. The van der Waals surface area contributed by atoms with E-state index in [1.54, 1.807) is 14.1 Å². The minimum Gasteiger partial charge on any atom is -0.510 e. The lowest BCUT2D eigenvalue weighted by atomic mass is 9.58. The minimum atomic E-state index is -2.73. The Bertz CT molecular complexity index is 1410. The maximum Gasteiger partial charge on any atom is 0.255 e. The number of rotatable bonds is 6. The molecular weight excluding hydrogens is 533 g/mol. The molecule has 0 saturated heterocycles. The summed E-state index contributed by atoms with van der Waals surface area (Å²) in [6.45, 7) is 10.4. The number of ketones is 2. The van der Waals surface area contributed by atoms with Crippen LogP contribution in [0.5, 0.6) is 5.75 Å². The molecule has 11 heteroatoms. The van der Waals surface area contributed by atoms with Crippen molar-refractivity contribution in [1.82, 2.24) is 10.2 Å². The zero-order valence-electron chi connectivity index (χ0n) is 24.6. The Labute approximate surface area is 238 Å². The molecule has 3 aliphatic carbocycles. The van der Waals surface area contributed by atoms with Gasteiger partial charge in [0, 0.05) is 34.7 Å². The van der Waals surface area contributed by atoms with Gasteiger partial charge in [-0.05, 0) is 64.6 Å². The fourth-order valence-corrected chi connectivity index (χ4v) is 7.21. The largest absolute Gasteiger partial charge is 0.510 e. The van der Waals surface area contributed by atoms with Gasteiger partial charge in [0.2, 0.25) is 5.78 Å². The van der Waals surface area contributed by atoms with Crippen molar-refractivity contribution in [2.24, 2.45) is 23.0 Å². The number of halogens is 1. The molecule has 0 bridgehead atoms. The van der Waals surface area contributed by atoms with Crippen LogP contribution in [0, 0.1) is 23.1 Å². The number of amides is 1. The number of nitrogens with zero attached hydrogens (tertiary/aromatic N) is 1. The van der Waals surface area contributed by atoms with E-state index in [1.807, 2.05) is 13.8 Å². The number of hydrogen-bond acceptors (Lipinski definition) is 9. The highest BCUT2D eigenvalue weighted by Gasteiger charge is 2.63. The van der Waals surface area contributed by atoms with E-state index in [0.29, 0.717) is 0 Å². The van der Waals surface area contributed by atoms with Gasteiger partial charge in [-0.1, -0.05) is 20.8 Å². The van der Waals surface area contributed by atoms with Crippen molar-refractivity contribution in [3.63, 3.8) is 0 Å². The van der Waals surface area contributed by atoms with Crippen LogP contribution in [0.1, 0.15) is 68.9 Å². The summed E-state index contributed by atoms with van der Waals surface area (Å²) in [6, 6.07) is 0.0591. The van der Waals surface area contributed by atoms with Gasteiger partial charge in [-0.15, -0.1) is 0 Å². The molecule has 0 radical (unpaired) electrons. The normalized spacial score (nSPS) is 26.7. The van der Waals surface area contributed by atoms with Crippen LogP contribution in [-0.4, -0.2) is 74.1 Å². The first-order valence-electron chi connectivity index (χ1n) is 13.7. The standard InChI is InChI=1S/C30H40FN3O7/c1-28(2,3)12-29(4,5)33-11-14-10-17(35)19-15(21(14)31)8-13-9-16-22(34(6)7)24(37)20(27(32)40)26(39)30(16,41)25(38)18(13)23(19)36/h10,13,16,22,33,35,37-38,41H,8-9,11-12H2,1-7H3,(H2,32,40)/t13-,16-,22-,30-/m0/s1. The predicted molar refractivity (Wildman–Crippen MR) is 149 cm³/mol. The van der Waals surface area contributed by atoms with Crippen LogP contribution >= 0.6 is 0 Å². The summed E-state index contributed by atoms with van der Waals surface area (Å²) >= 11 is 0. The molecule has 0 heterocycles. The number of benzene rings is 1. The van der Waals surface area contributed by atoms with Crippen LogP contribution in [-0.2, 0) is 22.6 Å². The van der Waals surface area contributed by atoms with Gasteiger partial charge in [0.05, 0.1) is 11.6 Å². The summed E-state index contributed by atoms with van der Waals surface area (Å²) in [7, 11) is 3.09. The number of aromatic hydroxyl groups is 1. The van der Waals surface area contributed by atoms with Gasteiger partial charge in [0.15, 0.2) is 11.4 Å². The van der Waals surface area contributed by atoms with Gasteiger partial charge in [-0.25, -0.2) is 4.39 Å². The third kappa shape index (κ3) is 4.93. The molecule has 1 amide bonds. The summed E-state index contributed by atoms with van der Waals surface area (Å²) in [5.41, 5.74) is 0.874. The number of nitrogens with one attached hydrogen (secondary N) is 1. The fourth-order valence-electron chi connectivity index (χ4n) is 7.21. The number of nitrogens with two attached hydrogens (primary N) is 1. The molecule has 4 rings (SSSR count). The summed E-state index contributed by atoms with van der Waals surface area (Å²) in [6.07, 6.45) is 0.585. The van der Waals surface area contributed by atoms with Crippen LogP contribution < -0.4 is 11.1 Å². The number of carbonyl (C=O) groups is 3. The number of aliphatic hydroxyl groups excluding tert-OH is 2. The second kappa shape index (κ2) is 9.92. The molecule has 4 atom stereocenters. The molecule has 7 N–H and O–H groups in total. The molecule has 3 aliphatic rings. The summed E-state index contributed by atoms with van der Waals surface area (Å²) in [4.78, 5) is 40.6. The van der Waals surface area contributed by atoms with E-state index < -0.39 is 69.6 Å². The fraction of sp³-hybridized carbons (Fsp3) is 0.567. The average molecular weight is 574 g/mol. The van der Waals surface area contributed by atoms with Gasteiger partial charge >= 0.3 is 0 Å². The summed E-state index contributed by atoms with van der Waals surface area (Å²) in [5.74, 6) is -8.32. The minimum absolute atomic E-state index is 0.0137. The molecule has 1 aromatic rings. The topological polar surface area (TPSA) is 173 Å². The van der Waals surface area contributed by atoms with E-state index in [4.69, 9.17) is 5.73 Å². The van der Waals surface area contributed by atoms with E-state index in [2.05, 4.69) is 26.1 Å². The Morgan fingerprint density at radius 1 is 1.17 bits per heavy atom. The van der Waals surface area contributed by atoms with Crippen molar-refractivity contribution in [2.45, 2.75) is 77.6 Å². The number of primary amides is 1. The van der Waals surface area contributed by atoms with E-state index in [0.717, 1.165) is 6.42 Å². The molecule has 1 aromatic carbocycles. The number of Topliss-reactive ketones (excluding diaryl/α,β-unsaturated/α-hetero) is 2. The smallest absolute Gasteiger partial charge is 0.255 e. The highest BCUT2D eigenvalue weighted by Crippen LogP contribution is 2.52. The average Bonchev–Trinajstić information content (AvgIpc) is 2.80. The zero-order valence-corrected chi connectivity index (χ0v) is 24.6. The first-order chi connectivity index (χ1) is 18.7. The van der Waals surface area contributed by atoms with E-state index >= 15 is 4.39 Å². The lowest BCUT2D eigenvalue weighted by Gasteiger charge is -2.50. The molecular formula is C30H40FN3O7. The number of phenols is 1. The lowest BCUT2D eigenvalue weighted by molar-refractivity contribution is -0.148. The molecule has 10 nitrogen and oxygen atoms in total. The maximum absolute atomic E-state index is 16.0. The van der Waals surface area contributed by atoms with Gasteiger partial charge < -0.3 is 31.5 Å². The SMILES string of the molecule is CN(C)[C@@H]1C(O)=C(C(N)=O)C(=O)[C@@]2(O)C(O)=C3C(=O)c4c(O)cc(CNC(C)(C)CC(C)(C)C)c(F)c4C[C@H]3C[C@@H]12. The third-order valence-electron chi connectivity index (χ3n) is 8.46. The molecule has 0 saturated carbocycles. The van der Waals surface area contributed by atoms with Gasteiger partial charge in [0.25, 0.3) is 5.91 Å². The summed E-state index contributed by atoms with van der Waals surface area (Å²) in [5, 5.41) is 48.0. The highest BCUT2D eigenvalue weighted by molar-refractivity contribution is 6.24. The second-order valence-corrected chi connectivity index (χ2v) is 13.7. The predicted octanol–water partition coefficient (Wildman–Crippen LogP) is 2.56. The van der Waals surface area contributed by atoms with Crippen LogP contribution in [0.3, 0.4) is 0 Å². The quantitative estimate of drug-likeness (QED) is 0.280. The third-order valence-corrected chi connectivity index (χ3v) is 8.46. The molecule has 0 fully saturated rings. The maximum atomic E-state index is 16.0. The van der Waals surface area contributed by atoms with Gasteiger partial charge in [0.1, 0.15) is 28.7 Å². The van der Waals surface area contributed by atoms with Gasteiger partial charge in [-0.2, -0.15) is 0 Å². The number of allylic oxidation sites excluding steroid dienone is 1. The number of hydrogen-bond donors (Lipinski definition) is 6. The lowest BCUT2D eigenvalue weighted by Crippen LogP contribution is -2.63. The monoisotopic (exact) mass is 573 g/mol. The highest BCUT2D eigenvalue weighted by atomic mass is 19.1. The van der Waals surface area contributed by atoms with E-state index in [9.17, 15) is 34.8 Å². The molecule has 0 aromatic heterocycles. The Morgan fingerprint density at radius 2 is 1.78 bits per heavy atom. The Morgan fingerprint density at radius 3 is 2.32 bits per heavy atom. The van der Waals surface area contributed by atoms with Crippen molar-refractivity contribution in [1.29, 1.82) is 0 Å². The van der Waals surface area contributed by atoms with Crippen molar-refractivity contribution in [2.75, 3.05) is 14.1 Å². The molecule has 0 aliphatic heterocycles. The first kappa shape index (κ1) is 30.7. The Kier molecular flexibility index (Phi) is 7.42. The number of aliphatic hydroxyl groups is 3. The number of phenolic OH excluding ortho intramolecular Hbond substituents is 1. The van der Waals surface area contributed by atoms with Crippen LogP contribution in [0.2, 0.25) is 0 Å². The van der Waals surface area contributed by atoms with Crippen LogP contribution in [0.4, 0.5) is 4.39 Å². The Hall–Kier alpha value is -3.28. The van der Waals surface area contributed by atoms with Crippen molar-refractivity contribution in [3.05, 3.63) is 51.2 Å². The first-order valence-corrected chi connectivity index (χ1v) is 13.7. The van der Waals surface area contributed by atoms with E-state index in [1.165, 1.54) is 11.0 Å². The second-order valence-electron chi connectivity index (χ2n) is 13.7. The van der Waals surface area contributed by atoms with Crippen LogP contribution in [0.15, 0.2) is 28.7 Å². The molecule has 224 valence electrons. The van der Waals surface area contributed by atoms with Gasteiger partial charge in [-0.3, -0.25) is 19.3 Å². The van der Waals surface area contributed by atoms with E-state index in [-0.39, 0.29) is 52.6 Å². The molecule has 41 heavy (non-hydrogen) atoms. The number of fused-ring (bicyclic) bond motifs is 3. The molecule has 0 unspecified atom stereocenters.